The fourth-order valence-electron chi connectivity index (χ4n) is 3.27. The lowest BCUT2D eigenvalue weighted by Crippen LogP contribution is -2.23. The maximum absolute atomic E-state index is 12.9. The van der Waals surface area contributed by atoms with E-state index in [0.717, 1.165) is 19.3 Å². The van der Waals surface area contributed by atoms with Crippen molar-refractivity contribution in [1.29, 1.82) is 0 Å². The highest BCUT2D eigenvalue weighted by atomic mass is 32.2. The third kappa shape index (κ3) is 4.78. The van der Waals surface area contributed by atoms with Gasteiger partial charge in [-0.2, -0.15) is 18.3 Å². The Morgan fingerprint density at radius 1 is 1.33 bits per heavy atom. The molecule has 0 bridgehead atoms. The first-order valence-electron chi connectivity index (χ1n) is 9.05. The van der Waals surface area contributed by atoms with E-state index >= 15 is 0 Å². The molecule has 1 atom stereocenters. The van der Waals surface area contributed by atoms with Crippen LogP contribution in [0.1, 0.15) is 47.8 Å². The van der Waals surface area contributed by atoms with Crippen LogP contribution in [-0.2, 0) is 30.0 Å². The molecule has 13 heteroatoms. The van der Waals surface area contributed by atoms with Gasteiger partial charge in [0, 0.05) is 11.3 Å². The van der Waals surface area contributed by atoms with Gasteiger partial charge < -0.3 is 11.1 Å². The lowest BCUT2D eigenvalue weighted by atomic mass is 10.1. The van der Waals surface area contributed by atoms with Gasteiger partial charge in [-0.15, -0.1) is 0 Å². The highest BCUT2D eigenvalue weighted by Gasteiger charge is 2.37. The number of fused-ring (bicyclic) bond motifs is 1. The lowest BCUT2D eigenvalue weighted by molar-refractivity contribution is -0.141. The summed E-state index contributed by atoms with van der Waals surface area (Å²) in [6.45, 7) is 1.29. The van der Waals surface area contributed by atoms with Gasteiger partial charge in [-0.25, -0.2) is 23.5 Å². The molecule has 2 aromatic rings. The molecule has 0 saturated heterocycles. The zero-order chi connectivity index (χ0) is 22.2. The molecule has 5 N–H and O–H groups in total. The number of nitrogens with zero attached hydrogens (tertiary/aromatic N) is 3. The molecule has 8 nitrogen and oxygen atoms in total. The van der Waals surface area contributed by atoms with Crippen LogP contribution in [-0.4, -0.2) is 25.0 Å². The number of nitrogens with two attached hydrogens (primary N) is 2. The number of nitrogens with one attached hydrogen (secondary N) is 1. The van der Waals surface area contributed by atoms with Crippen LogP contribution in [0.15, 0.2) is 11.2 Å². The van der Waals surface area contributed by atoms with Gasteiger partial charge in [-0.05, 0) is 44.6 Å². The molecule has 2 amide bonds. The summed E-state index contributed by atoms with van der Waals surface area (Å²) in [6.07, 6.45) is 0.572. The topological polar surface area (TPSA) is 129 Å². The largest absolute Gasteiger partial charge is 0.433 e. The van der Waals surface area contributed by atoms with Crippen molar-refractivity contribution >= 4 is 22.7 Å². The maximum atomic E-state index is 12.9. The Labute approximate surface area is 171 Å². The van der Waals surface area contributed by atoms with Crippen LogP contribution in [0.3, 0.4) is 0 Å². The van der Waals surface area contributed by atoms with Crippen molar-refractivity contribution in [1.82, 2.24) is 14.8 Å². The summed E-state index contributed by atoms with van der Waals surface area (Å²) in [5.41, 5.74) is 5.19. The van der Waals surface area contributed by atoms with Gasteiger partial charge in [0.15, 0.2) is 10.8 Å². The zero-order valence-electron chi connectivity index (χ0n) is 15.9. The number of amides is 2. The monoisotopic (exact) mass is 448 g/mol. The van der Waals surface area contributed by atoms with Crippen molar-refractivity contribution in [2.24, 2.45) is 10.9 Å². The maximum Gasteiger partial charge on any atom is 0.433 e. The normalized spacial score (nSPS) is 16.5. The minimum atomic E-state index is -4.53. The number of pyridine rings is 1. The van der Waals surface area contributed by atoms with E-state index in [0.29, 0.717) is 24.1 Å². The zero-order valence-corrected chi connectivity index (χ0v) is 16.7. The third-order valence-electron chi connectivity index (χ3n) is 4.75. The molecule has 2 aromatic heterocycles. The summed E-state index contributed by atoms with van der Waals surface area (Å²) in [4.78, 5) is 14.6. The van der Waals surface area contributed by atoms with Gasteiger partial charge >= 0.3 is 12.2 Å². The quantitative estimate of drug-likeness (QED) is 0.624. The molecule has 0 aliphatic heterocycles. The van der Waals surface area contributed by atoms with Crippen molar-refractivity contribution in [2.75, 3.05) is 5.32 Å². The molecule has 2 heterocycles. The Kier molecular flexibility index (Phi) is 6.13. The van der Waals surface area contributed by atoms with Gasteiger partial charge in [0.1, 0.15) is 16.7 Å². The molecule has 2 aliphatic rings. The highest BCUT2D eigenvalue weighted by molar-refractivity contribution is 7.82. The Morgan fingerprint density at radius 2 is 2.00 bits per heavy atom. The highest BCUT2D eigenvalue weighted by Crippen LogP contribution is 2.38. The molecule has 1 fully saturated rings. The van der Waals surface area contributed by atoms with Gasteiger partial charge in [0.25, 0.3) is 0 Å². The molecule has 1 unspecified atom stereocenters. The number of hydrogen-bond donors (Lipinski definition) is 3. The number of hydrogen-bond acceptors (Lipinski definition) is 4. The molecule has 0 aromatic carbocycles. The molecule has 2 aliphatic carbocycles. The Morgan fingerprint density at radius 3 is 2.50 bits per heavy atom. The number of carbonyl (C=O) groups is 1. The number of primary amides is 1. The average Bonchev–Trinajstić information content (AvgIpc) is 3.24. The lowest BCUT2D eigenvalue weighted by Gasteiger charge is -2.17. The van der Waals surface area contributed by atoms with Gasteiger partial charge in [-0.1, -0.05) is 0 Å². The number of halogens is 4. The summed E-state index contributed by atoms with van der Waals surface area (Å²) in [7, 11) is -1.82. The van der Waals surface area contributed by atoms with E-state index in [1.54, 1.807) is 0 Å². The SMILES string of the molecule is Cc1c(C(F)(F)F)nc2c(c1NC(N)=O)CCC2.NS(=O)c1nn(C2CC2)cc1F. The average molecular weight is 448 g/mol. The minimum absolute atomic E-state index is 0.0815. The molecular weight excluding hydrogens is 428 g/mol. The van der Waals surface area contributed by atoms with Crippen molar-refractivity contribution in [3.63, 3.8) is 0 Å². The third-order valence-corrected chi connectivity index (χ3v) is 5.41. The van der Waals surface area contributed by atoms with Crippen LogP contribution in [0.5, 0.6) is 0 Å². The number of alkyl halides is 3. The van der Waals surface area contributed by atoms with Crippen LogP contribution < -0.4 is 16.2 Å². The van der Waals surface area contributed by atoms with Crippen LogP contribution in [0.25, 0.3) is 0 Å². The summed E-state index contributed by atoms with van der Waals surface area (Å²) < 4.78 is 63.6. The first-order chi connectivity index (χ1) is 14.0. The Bertz CT molecular complexity index is 1000. The van der Waals surface area contributed by atoms with E-state index in [2.05, 4.69) is 15.4 Å². The molecule has 4 rings (SSSR count). The van der Waals surface area contributed by atoms with E-state index in [9.17, 15) is 26.6 Å². The molecule has 1 saturated carbocycles. The van der Waals surface area contributed by atoms with E-state index < -0.39 is 34.7 Å². The van der Waals surface area contributed by atoms with Crippen molar-refractivity contribution in [2.45, 2.75) is 56.3 Å². The molecular formula is C17H20F4N6O2S. The van der Waals surface area contributed by atoms with Crippen molar-refractivity contribution < 1.29 is 26.6 Å². The fourth-order valence-corrected chi connectivity index (χ4v) is 3.69. The summed E-state index contributed by atoms with van der Waals surface area (Å²) in [5, 5.41) is 10.9. The number of rotatable bonds is 3. The molecule has 164 valence electrons. The van der Waals surface area contributed by atoms with Gasteiger partial charge in [0.05, 0.1) is 17.9 Å². The van der Waals surface area contributed by atoms with Crippen LogP contribution >= 0.6 is 0 Å². The Hall–Kier alpha value is -2.54. The summed E-state index contributed by atoms with van der Waals surface area (Å²) in [5.74, 6) is -0.581. The summed E-state index contributed by atoms with van der Waals surface area (Å²) >= 11 is 0. The number of aryl methyl sites for hydroxylation is 1. The molecule has 0 spiro atoms. The first-order valence-corrected chi connectivity index (χ1v) is 10.3. The van der Waals surface area contributed by atoms with Crippen molar-refractivity contribution in [3.8, 4) is 0 Å². The smallest absolute Gasteiger partial charge is 0.351 e. The van der Waals surface area contributed by atoms with Crippen LogP contribution in [0.4, 0.5) is 28.0 Å². The van der Waals surface area contributed by atoms with Gasteiger partial charge in [0.2, 0.25) is 0 Å². The van der Waals surface area contributed by atoms with E-state index in [1.165, 1.54) is 17.8 Å². The number of anilines is 1. The number of carbonyl (C=O) groups excluding carboxylic acids is 1. The van der Waals surface area contributed by atoms with Crippen LogP contribution in [0, 0.1) is 12.7 Å². The molecule has 30 heavy (non-hydrogen) atoms. The standard InChI is InChI=1S/C11H12F3N3O.C6H8FN3OS/c1-5-8(17-10(15)18)6-3-2-4-7(6)16-9(5)11(12,13)14;7-5-3-10(4-1-2-4)9-6(5)12(8)11/h2-4H2,1H3,(H3,15,16,17,18);3-4H,1-2,8H2. The predicted octanol–water partition coefficient (Wildman–Crippen LogP) is 2.73. The fraction of sp³-hybridized carbons (Fsp3) is 0.471. The predicted molar refractivity (Wildman–Crippen MR) is 100 cm³/mol. The minimum Gasteiger partial charge on any atom is -0.351 e. The van der Waals surface area contributed by atoms with Crippen LogP contribution in [0.2, 0.25) is 0 Å². The van der Waals surface area contributed by atoms with Crippen molar-refractivity contribution in [3.05, 3.63) is 34.5 Å². The number of urea groups is 1. The number of aromatic nitrogens is 3. The van der Waals surface area contributed by atoms with E-state index in [-0.39, 0.29) is 22.3 Å². The second-order valence-corrected chi connectivity index (χ2v) is 8.00. The molecule has 0 radical (unpaired) electrons. The van der Waals surface area contributed by atoms with Gasteiger partial charge in [-0.3, -0.25) is 4.68 Å². The second-order valence-electron chi connectivity index (χ2n) is 7.02. The van der Waals surface area contributed by atoms with E-state index in [1.807, 2.05) is 0 Å². The summed E-state index contributed by atoms with van der Waals surface area (Å²) in [6, 6.07) is -0.580. The second kappa shape index (κ2) is 8.30. The van der Waals surface area contributed by atoms with E-state index in [4.69, 9.17) is 10.9 Å². The first kappa shape index (κ1) is 22.2. The Balaban J connectivity index is 0.000000184.